The van der Waals surface area contributed by atoms with Gasteiger partial charge in [0.2, 0.25) is 5.91 Å². The minimum Gasteiger partial charge on any atom is -0.481 e. The zero-order valence-corrected chi connectivity index (χ0v) is 14.8. The first-order valence-electron chi connectivity index (χ1n) is 8.51. The van der Waals surface area contributed by atoms with Crippen molar-refractivity contribution in [3.63, 3.8) is 0 Å². The van der Waals surface area contributed by atoms with Crippen LogP contribution in [0.2, 0.25) is 0 Å². The second kappa shape index (κ2) is 10.0. The first-order valence-corrected chi connectivity index (χ1v) is 8.51. The Balaban J connectivity index is 1.78. The number of aliphatic carboxylic acids is 1. The van der Waals surface area contributed by atoms with E-state index in [1.807, 2.05) is 12.1 Å². The Bertz CT molecular complexity index is 778. The van der Waals surface area contributed by atoms with Gasteiger partial charge in [0.15, 0.2) is 0 Å². The molecule has 8 nitrogen and oxygen atoms in total. The van der Waals surface area contributed by atoms with Crippen LogP contribution in [0.5, 0.6) is 0 Å². The van der Waals surface area contributed by atoms with Crippen LogP contribution in [0.25, 0.3) is 0 Å². The van der Waals surface area contributed by atoms with E-state index in [0.29, 0.717) is 24.2 Å². The van der Waals surface area contributed by atoms with Crippen LogP contribution in [-0.4, -0.2) is 34.3 Å². The number of carboxylic acid groups (broad SMARTS) is 1. The number of nitrogen functional groups attached to an aromatic ring is 1. The molecule has 0 saturated heterocycles. The molecule has 1 aromatic heterocycles. The maximum atomic E-state index is 12.1. The number of pyridine rings is 1. The Labute approximate surface area is 157 Å². The van der Waals surface area contributed by atoms with E-state index in [9.17, 15) is 9.59 Å². The summed E-state index contributed by atoms with van der Waals surface area (Å²) in [5.41, 5.74) is 7.75. The normalized spacial score (nSPS) is 11.6. The summed E-state index contributed by atoms with van der Waals surface area (Å²) < 4.78 is 0. The van der Waals surface area contributed by atoms with Crippen molar-refractivity contribution in [3.8, 4) is 0 Å². The third-order valence-electron chi connectivity index (χ3n) is 3.92. The third kappa shape index (κ3) is 6.87. The Morgan fingerprint density at radius 2 is 1.96 bits per heavy atom. The lowest BCUT2D eigenvalue weighted by Crippen LogP contribution is -2.32. The van der Waals surface area contributed by atoms with E-state index in [2.05, 4.69) is 15.6 Å². The van der Waals surface area contributed by atoms with E-state index in [1.54, 1.807) is 36.7 Å². The molecule has 2 rings (SSSR count). The van der Waals surface area contributed by atoms with Gasteiger partial charge in [0.1, 0.15) is 5.84 Å². The average Bonchev–Trinajstić information content (AvgIpc) is 2.65. The molecule has 0 aliphatic rings. The van der Waals surface area contributed by atoms with Crippen molar-refractivity contribution < 1.29 is 14.7 Å². The first kappa shape index (κ1) is 20.1. The number of amides is 1. The largest absolute Gasteiger partial charge is 0.481 e. The summed E-state index contributed by atoms with van der Waals surface area (Å²) in [6.07, 6.45) is 3.17. The Hall–Kier alpha value is -3.26. The summed E-state index contributed by atoms with van der Waals surface area (Å²) in [5.74, 6) is -1.20. The van der Waals surface area contributed by atoms with E-state index in [0.717, 1.165) is 5.56 Å². The monoisotopic (exact) mass is 369 g/mol. The van der Waals surface area contributed by atoms with Gasteiger partial charge in [-0.3, -0.25) is 20.0 Å². The number of nitrogens with zero attached hydrogens (tertiary/aromatic N) is 1. The molecule has 2 aromatic rings. The fourth-order valence-corrected chi connectivity index (χ4v) is 2.51. The molecular formula is C19H23N5O3. The number of nitrogens with one attached hydrogen (secondary N) is 3. The summed E-state index contributed by atoms with van der Waals surface area (Å²) in [6.45, 7) is 1.03. The van der Waals surface area contributed by atoms with Crippen LogP contribution >= 0.6 is 0 Å². The van der Waals surface area contributed by atoms with Crippen molar-refractivity contribution in [1.29, 1.82) is 5.41 Å². The zero-order valence-electron chi connectivity index (χ0n) is 14.8. The molecule has 0 radical (unpaired) electrons. The lowest BCUT2D eigenvalue weighted by Gasteiger charge is -2.17. The van der Waals surface area contributed by atoms with Gasteiger partial charge in [0.05, 0.1) is 12.5 Å². The number of carboxylic acids is 1. The van der Waals surface area contributed by atoms with Gasteiger partial charge in [-0.2, -0.15) is 0 Å². The van der Waals surface area contributed by atoms with Crippen molar-refractivity contribution in [1.82, 2.24) is 15.6 Å². The molecule has 1 unspecified atom stereocenters. The SMILES string of the molecule is N=C(N)c1ccc(CNCCC(=O)NC(CC(=O)O)c2cccnc2)cc1. The van der Waals surface area contributed by atoms with Gasteiger partial charge in [-0.05, 0) is 17.2 Å². The molecule has 27 heavy (non-hydrogen) atoms. The molecule has 0 aliphatic heterocycles. The van der Waals surface area contributed by atoms with Gasteiger partial charge < -0.3 is 21.5 Å². The standard InChI is InChI=1S/C19H23N5O3/c20-19(21)14-5-3-13(4-6-14)11-23-9-7-17(25)24-16(10-18(26)27)15-2-1-8-22-12-15/h1-6,8,12,16,23H,7,9-11H2,(H3,20,21)(H,24,25)(H,26,27). The van der Waals surface area contributed by atoms with Gasteiger partial charge in [0.25, 0.3) is 0 Å². The van der Waals surface area contributed by atoms with Crippen LogP contribution in [-0.2, 0) is 16.1 Å². The van der Waals surface area contributed by atoms with Crippen molar-refractivity contribution >= 4 is 17.7 Å². The van der Waals surface area contributed by atoms with Crippen LogP contribution < -0.4 is 16.4 Å². The van der Waals surface area contributed by atoms with Crippen molar-refractivity contribution in [3.05, 3.63) is 65.5 Å². The topological polar surface area (TPSA) is 141 Å². The summed E-state index contributed by atoms with van der Waals surface area (Å²) in [6, 6.07) is 10.1. The Morgan fingerprint density at radius 1 is 1.22 bits per heavy atom. The molecule has 8 heteroatoms. The minimum absolute atomic E-state index is 0.0238. The Kier molecular flexibility index (Phi) is 7.45. The predicted octanol–water partition coefficient (Wildman–Crippen LogP) is 1.18. The van der Waals surface area contributed by atoms with Gasteiger partial charge in [-0.15, -0.1) is 0 Å². The van der Waals surface area contributed by atoms with Crippen molar-refractivity contribution in [2.24, 2.45) is 5.73 Å². The van der Waals surface area contributed by atoms with Gasteiger partial charge in [0, 0.05) is 37.5 Å². The average molecular weight is 369 g/mol. The van der Waals surface area contributed by atoms with Crippen LogP contribution in [0.1, 0.15) is 35.6 Å². The first-order chi connectivity index (χ1) is 13.0. The second-order valence-electron chi connectivity index (χ2n) is 6.04. The van der Waals surface area contributed by atoms with Crippen molar-refractivity contribution in [2.45, 2.75) is 25.4 Å². The van der Waals surface area contributed by atoms with Gasteiger partial charge in [-0.1, -0.05) is 30.3 Å². The van der Waals surface area contributed by atoms with Crippen LogP contribution in [0.4, 0.5) is 0 Å². The van der Waals surface area contributed by atoms with Crippen LogP contribution in [0.15, 0.2) is 48.8 Å². The quantitative estimate of drug-likeness (QED) is 0.242. The van der Waals surface area contributed by atoms with E-state index < -0.39 is 12.0 Å². The van der Waals surface area contributed by atoms with Crippen LogP contribution in [0.3, 0.4) is 0 Å². The molecule has 1 aromatic carbocycles. The highest BCUT2D eigenvalue weighted by Crippen LogP contribution is 2.15. The molecule has 1 atom stereocenters. The number of aromatic nitrogens is 1. The molecule has 0 bridgehead atoms. The highest BCUT2D eigenvalue weighted by atomic mass is 16.4. The number of benzene rings is 1. The highest BCUT2D eigenvalue weighted by molar-refractivity contribution is 5.94. The number of amidine groups is 1. The lowest BCUT2D eigenvalue weighted by atomic mass is 10.1. The summed E-state index contributed by atoms with van der Waals surface area (Å²) in [5, 5.41) is 22.3. The molecular weight excluding hydrogens is 346 g/mol. The highest BCUT2D eigenvalue weighted by Gasteiger charge is 2.18. The predicted molar refractivity (Wildman–Crippen MR) is 101 cm³/mol. The maximum Gasteiger partial charge on any atom is 0.305 e. The van der Waals surface area contributed by atoms with Gasteiger partial charge >= 0.3 is 5.97 Å². The third-order valence-corrected chi connectivity index (χ3v) is 3.92. The number of rotatable bonds is 10. The number of hydrogen-bond donors (Lipinski definition) is 5. The molecule has 1 amide bonds. The molecule has 0 fully saturated rings. The fourth-order valence-electron chi connectivity index (χ4n) is 2.51. The molecule has 0 aliphatic carbocycles. The molecule has 0 spiro atoms. The maximum absolute atomic E-state index is 12.1. The molecule has 1 heterocycles. The van der Waals surface area contributed by atoms with E-state index in [-0.39, 0.29) is 24.6 Å². The summed E-state index contributed by atoms with van der Waals surface area (Å²) in [7, 11) is 0. The Morgan fingerprint density at radius 3 is 2.56 bits per heavy atom. The summed E-state index contributed by atoms with van der Waals surface area (Å²) >= 11 is 0. The molecule has 0 saturated carbocycles. The van der Waals surface area contributed by atoms with Gasteiger partial charge in [-0.25, -0.2) is 0 Å². The lowest BCUT2D eigenvalue weighted by molar-refractivity contribution is -0.137. The number of nitrogens with two attached hydrogens (primary N) is 1. The number of carbonyl (C=O) groups is 2. The van der Waals surface area contributed by atoms with E-state index >= 15 is 0 Å². The van der Waals surface area contributed by atoms with Crippen molar-refractivity contribution in [2.75, 3.05) is 6.54 Å². The second-order valence-corrected chi connectivity index (χ2v) is 6.04. The number of carbonyl (C=O) groups excluding carboxylic acids is 1. The molecule has 142 valence electrons. The van der Waals surface area contributed by atoms with Crippen LogP contribution in [0, 0.1) is 5.41 Å². The zero-order chi connectivity index (χ0) is 19.6. The van der Waals surface area contributed by atoms with E-state index in [4.69, 9.17) is 16.2 Å². The fraction of sp³-hybridized carbons (Fsp3) is 0.263. The molecule has 6 N–H and O–H groups in total. The summed E-state index contributed by atoms with van der Waals surface area (Å²) in [4.78, 5) is 27.1. The smallest absolute Gasteiger partial charge is 0.305 e. The minimum atomic E-state index is -0.990. The number of hydrogen-bond acceptors (Lipinski definition) is 5. The van der Waals surface area contributed by atoms with E-state index in [1.165, 1.54) is 0 Å².